The van der Waals surface area contributed by atoms with Crippen LogP contribution in [0.25, 0.3) is 10.2 Å². The number of benzene rings is 2. The summed E-state index contributed by atoms with van der Waals surface area (Å²) in [6.45, 7) is 0.394. The Morgan fingerprint density at radius 2 is 1.95 bits per heavy atom. The maximum atomic E-state index is 10.9. The number of rotatable bonds is 6. The molecule has 0 aliphatic rings. The molecule has 5 nitrogen and oxygen atoms in total. The lowest BCUT2D eigenvalue weighted by atomic mass is 10.3. The minimum atomic E-state index is -0.435. The Balaban J connectivity index is 1.56. The van der Waals surface area contributed by atoms with E-state index in [0.717, 1.165) is 14.6 Å². The van der Waals surface area contributed by atoms with Gasteiger partial charge in [-0.3, -0.25) is 10.1 Å². The molecule has 0 saturated carbocycles. The van der Waals surface area contributed by atoms with Crippen LogP contribution in [0.1, 0.15) is 0 Å². The van der Waals surface area contributed by atoms with E-state index in [1.54, 1.807) is 41.3 Å². The smallest absolute Gasteiger partial charge is 0.310 e. The third-order valence-corrected chi connectivity index (χ3v) is 5.05. The highest BCUT2D eigenvalue weighted by molar-refractivity contribution is 8.01. The molecule has 0 aliphatic carbocycles. The normalized spacial score (nSPS) is 10.7. The highest BCUT2D eigenvalue weighted by Gasteiger charge is 2.13. The topological polar surface area (TPSA) is 65.3 Å². The van der Waals surface area contributed by atoms with Crippen LogP contribution in [0.4, 0.5) is 5.69 Å². The molecular weight excluding hydrogens is 320 g/mol. The van der Waals surface area contributed by atoms with Gasteiger partial charge in [-0.05, 0) is 18.2 Å². The Hall–Kier alpha value is -2.12. The Morgan fingerprint density at radius 1 is 1.18 bits per heavy atom. The predicted octanol–water partition coefficient (Wildman–Crippen LogP) is 4.38. The van der Waals surface area contributed by atoms with Crippen LogP contribution < -0.4 is 4.74 Å². The summed E-state index contributed by atoms with van der Waals surface area (Å²) in [7, 11) is 0. The van der Waals surface area contributed by atoms with Crippen LogP contribution in [0.5, 0.6) is 5.75 Å². The summed E-state index contributed by atoms with van der Waals surface area (Å²) in [5.41, 5.74) is 0.988. The van der Waals surface area contributed by atoms with Crippen LogP contribution in [-0.2, 0) is 0 Å². The molecular formula is C15H12N2O3S2. The van der Waals surface area contributed by atoms with Crippen molar-refractivity contribution in [1.29, 1.82) is 0 Å². The average molecular weight is 332 g/mol. The summed E-state index contributed by atoms with van der Waals surface area (Å²) >= 11 is 3.23. The molecule has 3 aromatic rings. The first-order chi connectivity index (χ1) is 10.7. The van der Waals surface area contributed by atoms with Crippen molar-refractivity contribution < 1.29 is 9.66 Å². The van der Waals surface area contributed by atoms with Crippen LogP contribution >= 0.6 is 23.1 Å². The van der Waals surface area contributed by atoms with Gasteiger partial charge in [0, 0.05) is 11.8 Å². The number of thioether (sulfide) groups is 1. The zero-order valence-electron chi connectivity index (χ0n) is 11.5. The van der Waals surface area contributed by atoms with Gasteiger partial charge in [0.25, 0.3) is 0 Å². The first-order valence-corrected chi connectivity index (χ1v) is 8.39. The molecule has 0 bridgehead atoms. The van der Waals surface area contributed by atoms with Crippen molar-refractivity contribution in [2.45, 2.75) is 4.34 Å². The second-order valence-electron chi connectivity index (χ2n) is 4.37. The standard InChI is InChI=1S/C15H12N2O3S2/c18-17(19)12-6-2-3-7-13(12)20-9-10-21-15-16-11-5-1-4-8-14(11)22-15/h1-8H,9-10H2. The SMILES string of the molecule is O=[N+]([O-])c1ccccc1OCCSc1nc2ccccc2s1. The Kier molecular flexibility index (Phi) is 4.55. The molecule has 0 unspecified atom stereocenters. The van der Waals surface area contributed by atoms with Crippen LogP contribution in [0.15, 0.2) is 52.9 Å². The Morgan fingerprint density at radius 3 is 2.77 bits per heavy atom. The largest absolute Gasteiger partial charge is 0.486 e. The third-order valence-electron chi connectivity index (χ3n) is 2.90. The first kappa shape index (κ1) is 14.8. The number of fused-ring (bicyclic) bond motifs is 1. The van der Waals surface area contributed by atoms with E-state index in [2.05, 4.69) is 4.98 Å². The lowest BCUT2D eigenvalue weighted by Gasteiger charge is -2.05. The molecule has 112 valence electrons. The maximum Gasteiger partial charge on any atom is 0.310 e. The summed E-state index contributed by atoms with van der Waals surface area (Å²) in [6.07, 6.45) is 0. The number of aromatic nitrogens is 1. The molecule has 0 N–H and O–H groups in total. The second-order valence-corrected chi connectivity index (χ2v) is 6.74. The van der Waals surface area contributed by atoms with Gasteiger partial charge < -0.3 is 4.74 Å². The maximum absolute atomic E-state index is 10.9. The van der Waals surface area contributed by atoms with E-state index in [0.29, 0.717) is 18.1 Å². The summed E-state index contributed by atoms with van der Waals surface area (Å²) in [5, 5.41) is 10.9. The van der Waals surface area contributed by atoms with Gasteiger partial charge in [0.15, 0.2) is 10.1 Å². The monoisotopic (exact) mass is 332 g/mol. The number of nitrogens with zero attached hydrogens (tertiary/aromatic N) is 2. The number of hydrogen-bond donors (Lipinski definition) is 0. The van der Waals surface area contributed by atoms with Crippen molar-refractivity contribution in [3.63, 3.8) is 0 Å². The summed E-state index contributed by atoms with van der Waals surface area (Å²) < 4.78 is 7.64. The molecule has 1 heterocycles. The molecule has 22 heavy (non-hydrogen) atoms. The fraction of sp³-hybridized carbons (Fsp3) is 0.133. The average Bonchev–Trinajstić information content (AvgIpc) is 2.94. The van der Waals surface area contributed by atoms with Crippen molar-refractivity contribution in [3.8, 4) is 5.75 Å². The zero-order chi connectivity index (χ0) is 15.4. The predicted molar refractivity (Wildman–Crippen MR) is 88.9 cm³/mol. The summed E-state index contributed by atoms with van der Waals surface area (Å²) in [6, 6.07) is 14.4. The minimum absolute atomic E-state index is 0.00696. The first-order valence-electron chi connectivity index (χ1n) is 6.58. The molecule has 0 saturated heterocycles. The highest BCUT2D eigenvalue weighted by Crippen LogP contribution is 2.30. The van der Waals surface area contributed by atoms with Gasteiger partial charge >= 0.3 is 5.69 Å². The van der Waals surface area contributed by atoms with E-state index in [4.69, 9.17) is 4.74 Å². The number of ether oxygens (including phenoxy) is 1. The number of para-hydroxylation sites is 3. The molecule has 0 fully saturated rings. The van der Waals surface area contributed by atoms with Crippen LogP contribution in [-0.4, -0.2) is 22.3 Å². The second kappa shape index (κ2) is 6.76. The van der Waals surface area contributed by atoms with Gasteiger partial charge in [-0.15, -0.1) is 11.3 Å². The van der Waals surface area contributed by atoms with Crippen LogP contribution in [0, 0.1) is 10.1 Å². The molecule has 0 aliphatic heterocycles. The summed E-state index contributed by atoms with van der Waals surface area (Å²) in [4.78, 5) is 15.0. The van der Waals surface area contributed by atoms with Crippen LogP contribution in [0.2, 0.25) is 0 Å². The Bertz CT molecular complexity index is 771. The number of nitro benzene ring substituents is 1. The van der Waals surface area contributed by atoms with Crippen molar-refractivity contribution in [3.05, 3.63) is 58.6 Å². The van der Waals surface area contributed by atoms with E-state index >= 15 is 0 Å². The van der Waals surface area contributed by atoms with E-state index in [-0.39, 0.29) is 5.69 Å². The van der Waals surface area contributed by atoms with E-state index in [9.17, 15) is 10.1 Å². The van der Waals surface area contributed by atoms with Gasteiger partial charge in [-0.1, -0.05) is 36.0 Å². The molecule has 7 heteroatoms. The molecule has 0 amide bonds. The van der Waals surface area contributed by atoms with Gasteiger partial charge in [0.05, 0.1) is 21.7 Å². The number of thiazole rings is 1. The number of hydrogen-bond acceptors (Lipinski definition) is 6. The van der Waals surface area contributed by atoms with E-state index in [1.807, 2.05) is 24.3 Å². The lowest BCUT2D eigenvalue weighted by Crippen LogP contribution is -2.02. The quantitative estimate of drug-likeness (QED) is 0.290. The molecule has 3 rings (SSSR count). The third kappa shape index (κ3) is 3.37. The molecule has 2 aromatic carbocycles. The van der Waals surface area contributed by atoms with Gasteiger partial charge in [-0.25, -0.2) is 4.98 Å². The zero-order valence-corrected chi connectivity index (χ0v) is 13.1. The van der Waals surface area contributed by atoms with Crippen molar-refractivity contribution >= 4 is 39.0 Å². The van der Waals surface area contributed by atoms with Crippen LogP contribution in [0.3, 0.4) is 0 Å². The fourth-order valence-electron chi connectivity index (χ4n) is 1.92. The van der Waals surface area contributed by atoms with E-state index < -0.39 is 4.92 Å². The van der Waals surface area contributed by atoms with E-state index in [1.165, 1.54) is 6.07 Å². The highest BCUT2D eigenvalue weighted by atomic mass is 32.2. The number of nitro groups is 1. The minimum Gasteiger partial charge on any atom is -0.486 e. The fourth-order valence-corrected chi connectivity index (χ4v) is 3.88. The lowest BCUT2D eigenvalue weighted by molar-refractivity contribution is -0.385. The van der Waals surface area contributed by atoms with Gasteiger partial charge in [-0.2, -0.15) is 0 Å². The summed E-state index contributed by atoms with van der Waals surface area (Å²) in [5.74, 6) is 0.990. The molecule has 0 atom stereocenters. The van der Waals surface area contributed by atoms with Crippen molar-refractivity contribution in [2.24, 2.45) is 0 Å². The molecule has 0 radical (unpaired) electrons. The van der Waals surface area contributed by atoms with Gasteiger partial charge in [0.1, 0.15) is 0 Å². The van der Waals surface area contributed by atoms with Crippen molar-refractivity contribution in [1.82, 2.24) is 4.98 Å². The van der Waals surface area contributed by atoms with Gasteiger partial charge in [0.2, 0.25) is 0 Å². The Labute approximate surface area is 135 Å². The molecule has 0 spiro atoms. The molecule has 1 aromatic heterocycles. The van der Waals surface area contributed by atoms with Crippen molar-refractivity contribution in [2.75, 3.05) is 12.4 Å².